The predicted molar refractivity (Wildman–Crippen MR) is 69.6 cm³/mol. The number of ether oxygens (including phenoxy) is 1. The summed E-state index contributed by atoms with van der Waals surface area (Å²) < 4.78 is 19.7. The van der Waals surface area contributed by atoms with Gasteiger partial charge in [-0.2, -0.15) is 0 Å². The van der Waals surface area contributed by atoms with Gasteiger partial charge in [0.2, 0.25) is 0 Å². The van der Waals surface area contributed by atoms with Crippen molar-refractivity contribution in [2.45, 2.75) is 32.5 Å². The maximum absolute atomic E-state index is 14.1. The van der Waals surface area contributed by atoms with Crippen LogP contribution in [0.5, 0.6) is 0 Å². The van der Waals surface area contributed by atoms with E-state index >= 15 is 0 Å². The van der Waals surface area contributed by atoms with Crippen molar-refractivity contribution in [3.63, 3.8) is 0 Å². The number of nitrogens with zero attached hydrogens (tertiary/aromatic N) is 1. The fraction of sp³-hybridized carbons (Fsp3) is 0.571. The van der Waals surface area contributed by atoms with Crippen molar-refractivity contribution in [2.24, 2.45) is 5.73 Å². The highest BCUT2D eigenvalue weighted by atomic mass is 19.1. The summed E-state index contributed by atoms with van der Waals surface area (Å²) in [6.07, 6.45) is 1.22. The molecule has 3 nitrogen and oxygen atoms in total. The zero-order chi connectivity index (χ0) is 13.0. The predicted octanol–water partition coefficient (Wildman–Crippen LogP) is 1.90. The van der Waals surface area contributed by atoms with E-state index in [4.69, 9.17) is 10.5 Å². The van der Waals surface area contributed by atoms with Crippen molar-refractivity contribution in [1.29, 1.82) is 0 Å². The molecular formula is C14H21FN2O. The Morgan fingerprint density at radius 2 is 2.22 bits per heavy atom. The van der Waals surface area contributed by atoms with Crippen LogP contribution in [0, 0.1) is 5.82 Å². The zero-order valence-corrected chi connectivity index (χ0v) is 10.9. The average Bonchev–Trinajstić information content (AvgIpc) is 2.56. The molecule has 1 aliphatic rings. The van der Waals surface area contributed by atoms with Gasteiger partial charge in [0.1, 0.15) is 5.82 Å². The average molecular weight is 252 g/mol. The Bertz CT molecular complexity index is 397. The molecule has 0 amide bonds. The molecule has 0 radical (unpaired) electrons. The molecule has 1 fully saturated rings. The van der Waals surface area contributed by atoms with Gasteiger partial charge in [-0.15, -0.1) is 0 Å². The third-order valence-electron chi connectivity index (χ3n) is 3.31. The summed E-state index contributed by atoms with van der Waals surface area (Å²) in [6.45, 7) is 5.55. The first-order chi connectivity index (χ1) is 8.70. The molecule has 18 heavy (non-hydrogen) atoms. The first-order valence-electron chi connectivity index (χ1n) is 6.51. The molecule has 0 saturated carbocycles. The number of hydrogen-bond acceptors (Lipinski definition) is 3. The lowest BCUT2D eigenvalue weighted by Gasteiger charge is -2.22. The van der Waals surface area contributed by atoms with Crippen molar-refractivity contribution >= 4 is 0 Å². The van der Waals surface area contributed by atoms with E-state index in [1.54, 1.807) is 6.07 Å². The van der Waals surface area contributed by atoms with E-state index in [-0.39, 0.29) is 18.5 Å². The zero-order valence-electron chi connectivity index (χ0n) is 10.9. The molecule has 2 N–H and O–H groups in total. The summed E-state index contributed by atoms with van der Waals surface area (Å²) >= 11 is 0. The van der Waals surface area contributed by atoms with Gasteiger partial charge in [-0.25, -0.2) is 4.39 Å². The fourth-order valence-electron chi connectivity index (χ4n) is 2.38. The second-order valence-electron chi connectivity index (χ2n) is 4.86. The van der Waals surface area contributed by atoms with Crippen LogP contribution in [0.3, 0.4) is 0 Å². The minimum atomic E-state index is -0.155. The van der Waals surface area contributed by atoms with Gasteiger partial charge in [0.25, 0.3) is 0 Å². The number of halogens is 1. The maximum Gasteiger partial charge on any atom is 0.132 e. The van der Waals surface area contributed by atoms with Crippen molar-refractivity contribution < 1.29 is 9.13 Å². The van der Waals surface area contributed by atoms with Gasteiger partial charge in [0.15, 0.2) is 0 Å². The Hall–Kier alpha value is -0.970. The van der Waals surface area contributed by atoms with E-state index in [2.05, 4.69) is 11.8 Å². The minimum absolute atomic E-state index is 0.155. The highest BCUT2D eigenvalue weighted by molar-refractivity contribution is 5.25. The second kappa shape index (κ2) is 6.27. The van der Waals surface area contributed by atoms with E-state index in [1.165, 1.54) is 0 Å². The fourth-order valence-corrected chi connectivity index (χ4v) is 2.38. The van der Waals surface area contributed by atoms with Gasteiger partial charge < -0.3 is 10.5 Å². The molecule has 4 heteroatoms. The number of benzene rings is 1. The van der Waals surface area contributed by atoms with Crippen LogP contribution in [0.4, 0.5) is 4.39 Å². The summed E-state index contributed by atoms with van der Waals surface area (Å²) in [5.41, 5.74) is 6.84. The van der Waals surface area contributed by atoms with Crippen LogP contribution < -0.4 is 5.73 Å². The van der Waals surface area contributed by atoms with Gasteiger partial charge in [-0.05, 0) is 13.3 Å². The molecule has 1 atom stereocenters. The lowest BCUT2D eigenvalue weighted by Crippen LogP contribution is -2.30. The molecule has 1 aromatic rings. The Morgan fingerprint density at radius 3 is 3.00 bits per heavy atom. The highest BCUT2D eigenvalue weighted by Crippen LogP contribution is 2.16. The van der Waals surface area contributed by atoms with Crippen LogP contribution in [-0.2, 0) is 17.8 Å². The number of hydrogen-bond donors (Lipinski definition) is 1. The standard InChI is InChI=1S/C14H21FN2O/c1-11-9-17(6-3-7-18-11)10-13-5-2-4-12(8-16)14(13)15/h2,4-5,11H,3,6-10,16H2,1H3. The van der Waals surface area contributed by atoms with Crippen LogP contribution in [0.1, 0.15) is 24.5 Å². The molecule has 0 bridgehead atoms. The van der Waals surface area contributed by atoms with Crippen LogP contribution in [-0.4, -0.2) is 30.7 Å². The third kappa shape index (κ3) is 3.28. The van der Waals surface area contributed by atoms with Crippen molar-refractivity contribution in [3.8, 4) is 0 Å². The Morgan fingerprint density at radius 1 is 1.44 bits per heavy atom. The highest BCUT2D eigenvalue weighted by Gasteiger charge is 2.17. The molecule has 1 aliphatic heterocycles. The lowest BCUT2D eigenvalue weighted by atomic mass is 10.1. The maximum atomic E-state index is 14.1. The van der Waals surface area contributed by atoms with Gasteiger partial charge >= 0.3 is 0 Å². The molecule has 0 aliphatic carbocycles. The van der Waals surface area contributed by atoms with E-state index in [9.17, 15) is 4.39 Å². The van der Waals surface area contributed by atoms with Crippen LogP contribution in [0.15, 0.2) is 18.2 Å². The summed E-state index contributed by atoms with van der Waals surface area (Å²) in [6, 6.07) is 5.45. The van der Waals surface area contributed by atoms with Crippen molar-refractivity contribution in [3.05, 3.63) is 35.1 Å². The quantitative estimate of drug-likeness (QED) is 0.893. The van der Waals surface area contributed by atoms with Crippen molar-refractivity contribution in [2.75, 3.05) is 19.7 Å². The third-order valence-corrected chi connectivity index (χ3v) is 3.31. The lowest BCUT2D eigenvalue weighted by molar-refractivity contribution is 0.0666. The molecule has 1 heterocycles. The largest absolute Gasteiger partial charge is 0.377 e. The molecule has 0 aromatic heterocycles. The SMILES string of the molecule is CC1CN(Cc2cccc(CN)c2F)CCCO1. The van der Waals surface area contributed by atoms with E-state index < -0.39 is 0 Å². The van der Waals surface area contributed by atoms with Crippen LogP contribution in [0.2, 0.25) is 0 Å². The normalized spacial score (nSPS) is 21.8. The van der Waals surface area contributed by atoms with Crippen molar-refractivity contribution in [1.82, 2.24) is 4.90 Å². The Balaban J connectivity index is 2.08. The molecule has 1 saturated heterocycles. The summed E-state index contributed by atoms with van der Waals surface area (Å²) in [5.74, 6) is -0.155. The van der Waals surface area contributed by atoms with E-state index in [0.717, 1.165) is 31.7 Å². The molecular weight excluding hydrogens is 231 g/mol. The first-order valence-corrected chi connectivity index (χ1v) is 6.51. The van der Waals surface area contributed by atoms with E-state index in [0.29, 0.717) is 12.1 Å². The van der Waals surface area contributed by atoms with E-state index in [1.807, 2.05) is 12.1 Å². The van der Waals surface area contributed by atoms with Crippen LogP contribution in [0.25, 0.3) is 0 Å². The second-order valence-corrected chi connectivity index (χ2v) is 4.86. The molecule has 1 aromatic carbocycles. The number of nitrogens with two attached hydrogens (primary N) is 1. The van der Waals surface area contributed by atoms with Gasteiger partial charge in [0.05, 0.1) is 6.10 Å². The summed E-state index contributed by atoms with van der Waals surface area (Å²) in [7, 11) is 0. The summed E-state index contributed by atoms with van der Waals surface area (Å²) in [5, 5.41) is 0. The molecule has 1 unspecified atom stereocenters. The smallest absolute Gasteiger partial charge is 0.132 e. The monoisotopic (exact) mass is 252 g/mol. The molecule has 100 valence electrons. The Labute approximate surface area is 108 Å². The first kappa shape index (κ1) is 13.5. The topological polar surface area (TPSA) is 38.5 Å². The van der Waals surface area contributed by atoms with Crippen LogP contribution >= 0.6 is 0 Å². The van der Waals surface area contributed by atoms with Gasteiger partial charge in [-0.3, -0.25) is 4.90 Å². The van der Waals surface area contributed by atoms with Gasteiger partial charge in [0, 0.05) is 43.9 Å². The number of rotatable bonds is 3. The Kier molecular flexibility index (Phi) is 4.69. The van der Waals surface area contributed by atoms with Gasteiger partial charge in [-0.1, -0.05) is 18.2 Å². The minimum Gasteiger partial charge on any atom is -0.377 e. The summed E-state index contributed by atoms with van der Waals surface area (Å²) in [4.78, 5) is 2.25. The molecule has 0 spiro atoms. The molecule has 2 rings (SSSR count).